The number of aromatic nitrogens is 1. The first kappa shape index (κ1) is 20.8. The number of likely N-dealkylation sites (tertiary alicyclic amines) is 1. The molecule has 0 bridgehead atoms. The lowest BCUT2D eigenvalue weighted by Crippen LogP contribution is -2.32. The van der Waals surface area contributed by atoms with Crippen molar-refractivity contribution in [2.24, 2.45) is 7.05 Å². The van der Waals surface area contributed by atoms with Crippen LogP contribution in [0.15, 0.2) is 54.2 Å². The molecule has 4 rings (SSSR count). The summed E-state index contributed by atoms with van der Waals surface area (Å²) in [7, 11) is 3.40. The van der Waals surface area contributed by atoms with Crippen LogP contribution in [0.3, 0.4) is 0 Å². The standard InChI is InChI=1S/C24H23FN2O4/c1-14-12-15(8-9-18(14)25)22(28)20-21(27(10-11-31-3)24(30)23(20)29)17-13-26(2)19-7-5-4-6-16(17)19/h4-9,12-13,21,28H,10-11H2,1-3H3/b22-20+. The third-order valence-corrected chi connectivity index (χ3v) is 5.73. The minimum absolute atomic E-state index is 0.0107. The highest BCUT2D eigenvalue weighted by Crippen LogP contribution is 2.42. The van der Waals surface area contributed by atoms with E-state index in [4.69, 9.17) is 4.74 Å². The number of aliphatic hydroxyl groups is 1. The lowest BCUT2D eigenvalue weighted by atomic mass is 9.94. The second kappa shape index (κ2) is 8.00. The number of fused-ring (bicyclic) bond motifs is 1. The van der Waals surface area contributed by atoms with Gasteiger partial charge in [-0.15, -0.1) is 0 Å². The molecule has 1 saturated heterocycles. The lowest BCUT2D eigenvalue weighted by molar-refractivity contribution is -0.140. The highest BCUT2D eigenvalue weighted by Gasteiger charge is 2.46. The Bertz CT molecular complexity index is 1230. The van der Waals surface area contributed by atoms with Gasteiger partial charge in [0.25, 0.3) is 11.7 Å². The molecule has 31 heavy (non-hydrogen) atoms. The molecule has 0 radical (unpaired) electrons. The molecule has 2 heterocycles. The summed E-state index contributed by atoms with van der Waals surface area (Å²) in [5, 5.41) is 12.0. The highest BCUT2D eigenvalue weighted by atomic mass is 19.1. The number of aryl methyl sites for hydroxylation is 2. The molecule has 160 valence electrons. The molecule has 2 aromatic carbocycles. The van der Waals surface area contributed by atoms with Crippen LogP contribution >= 0.6 is 0 Å². The number of Topliss-reactive ketones (excluding diaryl/α,β-unsaturated/α-hetero) is 1. The Morgan fingerprint density at radius 2 is 1.94 bits per heavy atom. The summed E-state index contributed by atoms with van der Waals surface area (Å²) in [6.07, 6.45) is 1.87. The van der Waals surface area contributed by atoms with Gasteiger partial charge in [0.05, 0.1) is 18.2 Å². The predicted octanol–water partition coefficient (Wildman–Crippen LogP) is 3.69. The number of ketones is 1. The molecule has 0 aliphatic carbocycles. The topological polar surface area (TPSA) is 71.8 Å². The van der Waals surface area contributed by atoms with Gasteiger partial charge in [0.15, 0.2) is 0 Å². The van der Waals surface area contributed by atoms with Crippen LogP contribution in [-0.2, 0) is 21.4 Å². The summed E-state index contributed by atoms with van der Waals surface area (Å²) in [4.78, 5) is 27.4. The Morgan fingerprint density at radius 3 is 2.65 bits per heavy atom. The van der Waals surface area contributed by atoms with Crippen LogP contribution in [0.2, 0.25) is 0 Å². The van der Waals surface area contributed by atoms with Crippen LogP contribution in [0.4, 0.5) is 4.39 Å². The number of nitrogens with zero attached hydrogens (tertiary/aromatic N) is 2. The third kappa shape index (κ3) is 3.41. The molecule has 1 N–H and O–H groups in total. The van der Waals surface area contributed by atoms with Crippen LogP contribution in [-0.4, -0.2) is 46.5 Å². The van der Waals surface area contributed by atoms with E-state index < -0.39 is 23.5 Å². The van der Waals surface area contributed by atoms with Crippen molar-refractivity contribution in [2.75, 3.05) is 20.3 Å². The zero-order valence-electron chi connectivity index (χ0n) is 17.6. The van der Waals surface area contributed by atoms with Crippen molar-refractivity contribution in [1.29, 1.82) is 0 Å². The summed E-state index contributed by atoms with van der Waals surface area (Å²) in [5.74, 6) is -2.20. The molecular weight excluding hydrogens is 399 g/mol. The van der Waals surface area contributed by atoms with Gasteiger partial charge in [-0.05, 0) is 36.8 Å². The van der Waals surface area contributed by atoms with E-state index in [1.54, 1.807) is 6.92 Å². The number of ether oxygens (including phenoxy) is 1. The largest absolute Gasteiger partial charge is 0.507 e. The van der Waals surface area contributed by atoms with E-state index in [1.807, 2.05) is 42.1 Å². The van der Waals surface area contributed by atoms with E-state index >= 15 is 0 Å². The molecule has 1 aliphatic heterocycles. The number of carbonyl (C=O) groups excluding carboxylic acids is 2. The summed E-state index contributed by atoms with van der Waals surface area (Å²) in [6, 6.07) is 11.0. The Labute approximate surface area is 179 Å². The maximum Gasteiger partial charge on any atom is 0.295 e. The van der Waals surface area contributed by atoms with E-state index in [2.05, 4.69) is 0 Å². The van der Waals surface area contributed by atoms with Crippen molar-refractivity contribution < 1.29 is 23.8 Å². The number of rotatable bonds is 5. The van der Waals surface area contributed by atoms with Gasteiger partial charge < -0.3 is 19.3 Å². The number of benzene rings is 2. The number of carbonyl (C=O) groups is 2. The van der Waals surface area contributed by atoms with E-state index in [1.165, 1.54) is 30.2 Å². The highest BCUT2D eigenvalue weighted by molar-refractivity contribution is 6.46. The number of hydrogen-bond acceptors (Lipinski definition) is 4. The fraction of sp³-hybridized carbons (Fsp3) is 0.250. The van der Waals surface area contributed by atoms with Crippen LogP contribution in [0, 0.1) is 12.7 Å². The predicted molar refractivity (Wildman–Crippen MR) is 115 cm³/mol. The van der Waals surface area contributed by atoms with Crippen molar-refractivity contribution >= 4 is 28.4 Å². The first-order valence-corrected chi connectivity index (χ1v) is 9.93. The van der Waals surface area contributed by atoms with Crippen molar-refractivity contribution in [2.45, 2.75) is 13.0 Å². The molecule has 1 atom stereocenters. The molecule has 7 heteroatoms. The van der Waals surface area contributed by atoms with E-state index in [0.29, 0.717) is 5.56 Å². The minimum Gasteiger partial charge on any atom is -0.507 e. The smallest absolute Gasteiger partial charge is 0.295 e. The quantitative estimate of drug-likeness (QED) is 0.387. The SMILES string of the molecule is COCCN1C(=O)C(=O)/C(=C(/O)c2ccc(F)c(C)c2)C1c1cn(C)c2ccccc12. The van der Waals surface area contributed by atoms with E-state index in [-0.39, 0.29) is 30.0 Å². The number of aliphatic hydroxyl groups excluding tert-OH is 1. The lowest BCUT2D eigenvalue weighted by Gasteiger charge is -2.24. The van der Waals surface area contributed by atoms with Gasteiger partial charge in [-0.2, -0.15) is 0 Å². The Balaban J connectivity index is 1.96. The molecule has 6 nitrogen and oxygen atoms in total. The van der Waals surface area contributed by atoms with Crippen molar-refractivity contribution in [3.63, 3.8) is 0 Å². The van der Waals surface area contributed by atoms with Gasteiger partial charge in [-0.25, -0.2) is 4.39 Å². The van der Waals surface area contributed by atoms with Crippen molar-refractivity contribution in [3.05, 3.63) is 76.7 Å². The number of halogens is 1. The zero-order chi connectivity index (χ0) is 22.3. The van der Waals surface area contributed by atoms with Crippen LogP contribution < -0.4 is 0 Å². The summed E-state index contributed by atoms with van der Waals surface area (Å²) >= 11 is 0. The molecule has 1 aliphatic rings. The first-order valence-electron chi connectivity index (χ1n) is 9.93. The normalized spacial score (nSPS) is 18.3. The molecule has 0 saturated carbocycles. The van der Waals surface area contributed by atoms with Gasteiger partial charge in [0, 0.05) is 48.9 Å². The third-order valence-electron chi connectivity index (χ3n) is 5.73. The van der Waals surface area contributed by atoms with Crippen LogP contribution in [0.1, 0.15) is 22.7 Å². The van der Waals surface area contributed by atoms with Gasteiger partial charge in [-0.3, -0.25) is 9.59 Å². The van der Waals surface area contributed by atoms with Crippen LogP contribution in [0.5, 0.6) is 0 Å². The van der Waals surface area contributed by atoms with Crippen molar-refractivity contribution in [1.82, 2.24) is 9.47 Å². The van der Waals surface area contributed by atoms with Gasteiger partial charge >= 0.3 is 0 Å². The van der Waals surface area contributed by atoms with Gasteiger partial charge in [0.1, 0.15) is 11.6 Å². The molecule has 1 amide bonds. The average molecular weight is 422 g/mol. The molecular formula is C24H23FN2O4. The average Bonchev–Trinajstić information content (AvgIpc) is 3.22. The van der Waals surface area contributed by atoms with Crippen molar-refractivity contribution in [3.8, 4) is 0 Å². The zero-order valence-corrected chi connectivity index (χ0v) is 17.6. The summed E-state index contributed by atoms with van der Waals surface area (Å²) in [5.41, 5.74) is 2.28. The summed E-state index contributed by atoms with van der Waals surface area (Å²) < 4.78 is 20.8. The molecule has 3 aromatic rings. The maximum absolute atomic E-state index is 13.8. The fourth-order valence-electron chi connectivity index (χ4n) is 4.16. The fourth-order valence-corrected chi connectivity index (χ4v) is 4.16. The first-order chi connectivity index (χ1) is 14.8. The van der Waals surface area contributed by atoms with E-state index in [9.17, 15) is 19.1 Å². The second-order valence-corrected chi connectivity index (χ2v) is 7.66. The number of para-hydroxylation sites is 1. The second-order valence-electron chi connectivity index (χ2n) is 7.66. The number of hydrogen-bond donors (Lipinski definition) is 1. The minimum atomic E-state index is -0.786. The maximum atomic E-state index is 13.8. The van der Waals surface area contributed by atoms with Crippen LogP contribution in [0.25, 0.3) is 16.7 Å². The van der Waals surface area contributed by atoms with Gasteiger partial charge in [0.2, 0.25) is 0 Å². The molecule has 1 aromatic heterocycles. The molecule has 1 fully saturated rings. The van der Waals surface area contributed by atoms with Gasteiger partial charge in [-0.1, -0.05) is 18.2 Å². The van der Waals surface area contributed by atoms with E-state index in [0.717, 1.165) is 16.5 Å². The molecule has 1 unspecified atom stereocenters. The number of methoxy groups -OCH3 is 1. The Morgan fingerprint density at radius 1 is 1.19 bits per heavy atom. The summed E-state index contributed by atoms with van der Waals surface area (Å²) in [6.45, 7) is 2.00. The number of amides is 1. The Kier molecular flexibility index (Phi) is 5.37. The Hall–Kier alpha value is -3.45. The molecule has 0 spiro atoms. The monoisotopic (exact) mass is 422 g/mol.